The van der Waals surface area contributed by atoms with Gasteiger partial charge in [0.1, 0.15) is 0 Å². The molecule has 2 nitrogen and oxygen atoms in total. The number of ether oxygens (including phenoxy) is 1. The van der Waals surface area contributed by atoms with Crippen molar-refractivity contribution in [1.29, 1.82) is 0 Å². The Labute approximate surface area is 123 Å². The van der Waals surface area contributed by atoms with E-state index in [4.69, 9.17) is 4.74 Å². The summed E-state index contributed by atoms with van der Waals surface area (Å²) in [5.74, 6) is 0. The molecule has 1 aromatic heterocycles. The van der Waals surface area contributed by atoms with Crippen molar-refractivity contribution in [2.45, 2.75) is 51.7 Å². The summed E-state index contributed by atoms with van der Waals surface area (Å²) in [4.78, 5) is 1.40. The van der Waals surface area contributed by atoms with Gasteiger partial charge in [-0.3, -0.25) is 0 Å². The maximum Gasteiger partial charge on any atom is 0.0727 e. The van der Waals surface area contributed by atoms with Gasteiger partial charge in [-0.1, -0.05) is 20.3 Å². The van der Waals surface area contributed by atoms with Crippen LogP contribution in [0.15, 0.2) is 15.9 Å². The van der Waals surface area contributed by atoms with Gasteiger partial charge in [0.05, 0.1) is 6.10 Å². The SMILES string of the molecule is CCCNC(Cc1sccc1Br)C(CCC)OC. The molecule has 2 unspecified atom stereocenters. The molecule has 0 aromatic carbocycles. The smallest absolute Gasteiger partial charge is 0.0727 e. The van der Waals surface area contributed by atoms with E-state index in [2.05, 4.69) is 46.5 Å². The lowest BCUT2D eigenvalue weighted by Gasteiger charge is -2.26. The average molecular weight is 334 g/mol. The average Bonchev–Trinajstić information content (AvgIpc) is 2.77. The molecule has 0 aliphatic heterocycles. The Morgan fingerprint density at radius 3 is 2.67 bits per heavy atom. The highest BCUT2D eigenvalue weighted by Gasteiger charge is 2.21. The zero-order chi connectivity index (χ0) is 13.4. The second-order valence-electron chi connectivity index (χ2n) is 4.52. The molecule has 4 heteroatoms. The van der Waals surface area contributed by atoms with Crippen LogP contribution in [0.1, 0.15) is 38.0 Å². The van der Waals surface area contributed by atoms with Crippen LogP contribution >= 0.6 is 27.3 Å². The van der Waals surface area contributed by atoms with E-state index in [1.807, 2.05) is 18.4 Å². The summed E-state index contributed by atoms with van der Waals surface area (Å²) in [6.45, 7) is 5.47. The molecule has 1 heterocycles. The van der Waals surface area contributed by atoms with Crippen LogP contribution in [0.2, 0.25) is 0 Å². The maximum atomic E-state index is 5.67. The van der Waals surface area contributed by atoms with Crippen molar-refractivity contribution < 1.29 is 4.74 Å². The van der Waals surface area contributed by atoms with Gasteiger partial charge in [0.2, 0.25) is 0 Å². The Morgan fingerprint density at radius 2 is 2.17 bits per heavy atom. The number of methoxy groups -OCH3 is 1. The van der Waals surface area contributed by atoms with Gasteiger partial charge < -0.3 is 10.1 Å². The van der Waals surface area contributed by atoms with Crippen LogP contribution in [0.25, 0.3) is 0 Å². The highest BCUT2D eigenvalue weighted by Crippen LogP contribution is 2.25. The number of thiophene rings is 1. The first-order valence-corrected chi connectivity index (χ1v) is 8.38. The number of hydrogen-bond acceptors (Lipinski definition) is 3. The molecular formula is C14H24BrNOS. The quantitative estimate of drug-likeness (QED) is 0.729. The fourth-order valence-electron chi connectivity index (χ4n) is 2.10. The lowest BCUT2D eigenvalue weighted by Crippen LogP contribution is -2.42. The minimum absolute atomic E-state index is 0.301. The minimum atomic E-state index is 0.301. The molecule has 1 N–H and O–H groups in total. The van der Waals surface area contributed by atoms with Crippen LogP contribution in [-0.4, -0.2) is 25.8 Å². The first-order valence-electron chi connectivity index (χ1n) is 6.70. The van der Waals surface area contributed by atoms with Crippen LogP contribution in [0.3, 0.4) is 0 Å². The van der Waals surface area contributed by atoms with Crippen LogP contribution < -0.4 is 5.32 Å². The van der Waals surface area contributed by atoms with E-state index >= 15 is 0 Å². The Hall–Kier alpha value is 0.1000. The van der Waals surface area contributed by atoms with Crippen molar-refractivity contribution in [2.75, 3.05) is 13.7 Å². The molecule has 2 atom stereocenters. The van der Waals surface area contributed by atoms with Gasteiger partial charge in [0.25, 0.3) is 0 Å². The molecule has 0 spiro atoms. The third kappa shape index (κ3) is 5.00. The van der Waals surface area contributed by atoms with Crippen LogP contribution in [-0.2, 0) is 11.2 Å². The van der Waals surface area contributed by atoms with E-state index in [1.54, 1.807) is 0 Å². The molecule has 1 rings (SSSR count). The first kappa shape index (κ1) is 16.2. The second kappa shape index (κ2) is 9.08. The summed E-state index contributed by atoms with van der Waals surface area (Å²) in [5, 5.41) is 5.77. The van der Waals surface area contributed by atoms with Gasteiger partial charge in [0, 0.05) is 28.9 Å². The van der Waals surface area contributed by atoms with Gasteiger partial charge in [0.15, 0.2) is 0 Å². The van der Waals surface area contributed by atoms with Gasteiger partial charge in [-0.05, 0) is 46.8 Å². The molecule has 0 bridgehead atoms. The van der Waals surface area contributed by atoms with Crippen molar-refractivity contribution in [2.24, 2.45) is 0 Å². The molecule has 0 amide bonds. The van der Waals surface area contributed by atoms with Crippen molar-refractivity contribution in [3.05, 3.63) is 20.8 Å². The van der Waals surface area contributed by atoms with Crippen molar-refractivity contribution in [3.63, 3.8) is 0 Å². The van der Waals surface area contributed by atoms with Gasteiger partial charge >= 0.3 is 0 Å². The third-order valence-corrected chi connectivity index (χ3v) is 5.03. The topological polar surface area (TPSA) is 21.3 Å². The second-order valence-corrected chi connectivity index (χ2v) is 6.37. The molecular weight excluding hydrogens is 310 g/mol. The molecule has 0 radical (unpaired) electrons. The molecule has 104 valence electrons. The first-order chi connectivity index (χ1) is 8.72. The fourth-order valence-corrected chi connectivity index (χ4v) is 3.68. The monoisotopic (exact) mass is 333 g/mol. The summed E-state index contributed by atoms with van der Waals surface area (Å²) in [7, 11) is 1.82. The van der Waals surface area contributed by atoms with Gasteiger partial charge in [-0.2, -0.15) is 0 Å². The lowest BCUT2D eigenvalue weighted by atomic mass is 10.0. The maximum absolute atomic E-state index is 5.67. The van der Waals surface area contributed by atoms with Gasteiger partial charge in [-0.25, -0.2) is 0 Å². The van der Waals surface area contributed by atoms with E-state index in [9.17, 15) is 0 Å². The standard InChI is InChI=1S/C14H24BrNOS/c1-4-6-13(17-3)12(16-8-5-2)10-14-11(15)7-9-18-14/h7,9,12-13,16H,4-6,8,10H2,1-3H3. The highest BCUT2D eigenvalue weighted by atomic mass is 79.9. The predicted octanol–water partition coefficient (Wildman–Crippen LogP) is 4.24. The summed E-state index contributed by atoms with van der Waals surface area (Å²) in [6, 6.07) is 2.53. The van der Waals surface area contributed by atoms with Crippen LogP contribution in [0, 0.1) is 0 Å². The summed E-state index contributed by atoms with van der Waals surface area (Å²) >= 11 is 5.43. The largest absolute Gasteiger partial charge is 0.380 e. The summed E-state index contributed by atoms with van der Waals surface area (Å²) in [5.41, 5.74) is 0. The number of halogens is 1. The van der Waals surface area contributed by atoms with E-state index < -0.39 is 0 Å². The minimum Gasteiger partial charge on any atom is -0.380 e. The Balaban J connectivity index is 2.67. The summed E-state index contributed by atoms with van der Waals surface area (Å²) < 4.78 is 6.89. The van der Waals surface area contributed by atoms with E-state index in [0.29, 0.717) is 12.1 Å². The van der Waals surface area contributed by atoms with Crippen LogP contribution in [0.5, 0.6) is 0 Å². The van der Waals surface area contributed by atoms with Crippen molar-refractivity contribution >= 4 is 27.3 Å². The van der Waals surface area contributed by atoms with E-state index in [0.717, 1.165) is 32.2 Å². The molecule has 18 heavy (non-hydrogen) atoms. The Kier molecular flexibility index (Phi) is 8.15. The summed E-state index contributed by atoms with van der Waals surface area (Å²) in [6.07, 6.45) is 4.77. The fraction of sp³-hybridized carbons (Fsp3) is 0.714. The molecule has 0 aliphatic rings. The Bertz CT molecular complexity index is 329. The lowest BCUT2D eigenvalue weighted by molar-refractivity contribution is 0.0611. The molecule has 1 aromatic rings. The normalized spacial score (nSPS) is 14.7. The van der Waals surface area contributed by atoms with Gasteiger partial charge in [-0.15, -0.1) is 11.3 Å². The molecule has 0 saturated heterocycles. The third-order valence-electron chi connectivity index (χ3n) is 3.08. The van der Waals surface area contributed by atoms with Crippen LogP contribution in [0.4, 0.5) is 0 Å². The van der Waals surface area contributed by atoms with E-state index in [1.165, 1.54) is 9.35 Å². The predicted molar refractivity (Wildman–Crippen MR) is 83.5 cm³/mol. The Morgan fingerprint density at radius 1 is 1.39 bits per heavy atom. The highest BCUT2D eigenvalue weighted by molar-refractivity contribution is 9.10. The van der Waals surface area contributed by atoms with E-state index in [-0.39, 0.29) is 0 Å². The number of nitrogens with one attached hydrogen (secondary N) is 1. The number of hydrogen-bond donors (Lipinski definition) is 1. The zero-order valence-electron chi connectivity index (χ0n) is 11.5. The molecule has 0 aliphatic carbocycles. The van der Waals surface area contributed by atoms with Crippen molar-refractivity contribution in [3.8, 4) is 0 Å². The van der Waals surface area contributed by atoms with Crippen molar-refractivity contribution in [1.82, 2.24) is 5.32 Å². The molecule has 0 saturated carbocycles. The zero-order valence-corrected chi connectivity index (χ0v) is 13.9. The molecule has 0 fully saturated rings. The number of rotatable bonds is 9.